The number of carboxylic acids is 1. The zero-order valence-electron chi connectivity index (χ0n) is 17.3. The Morgan fingerprint density at radius 2 is 1.53 bits per heavy atom. The van der Waals surface area contributed by atoms with Gasteiger partial charge in [0.05, 0.1) is 15.8 Å². The van der Waals surface area contributed by atoms with E-state index in [1.807, 2.05) is 30.3 Å². The van der Waals surface area contributed by atoms with Gasteiger partial charge < -0.3 is 10.4 Å². The monoisotopic (exact) mass is 487 g/mol. The van der Waals surface area contributed by atoms with Crippen LogP contribution in [0.4, 0.5) is 0 Å². The highest BCUT2D eigenvalue weighted by Gasteiger charge is 2.29. The van der Waals surface area contributed by atoms with Crippen molar-refractivity contribution in [2.24, 2.45) is 5.92 Å². The molecule has 0 saturated heterocycles. The molecule has 1 amide bonds. The van der Waals surface area contributed by atoms with Crippen molar-refractivity contribution in [1.29, 1.82) is 0 Å². The number of aliphatic carboxylic acids is 1. The third kappa shape index (κ3) is 5.17. The number of thiophene rings is 1. The molecule has 1 aromatic heterocycles. The lowest BCUT2D eigenvalue weighted by molar-refractivity contribution is -0.142. The molecule has 4 nitrogen and oxygen atoms in total. The van der Waals surface area contributed by atoms with Crippen LogP contribution in [0.25, 0.3) is 11.1 Å². The second-order valence-electron chi connectivity index (χ2n) is 8.10. The Morgan fingerprint density at radius 1 is 0.906 bits per heavy atom. The first-order valence-electron chi connectivity index (χ1n) is 10.6. The fourth-order valence-electron chi connectivity index (χ4n) is 4.18. The highest BCUT2D eigenvalue weighted by Crippen LogP contribution is 2.38. The average Bonchev–Trinajstić information content (AvgIpc) is 3.08. The van der Waals surface area contributed by atoms with Gasteiger partial charge in [0.25, 0.3) is 5.91 Å². The molecular weight excluding hydrogens is 465 g/mol. The van der Waals surface area contributed by atoms with Gasteiger partial charge in [0.1, 0.15) is 4.34 Å². The molecule has 0 unspecified atom stereocenters. The number of carboxylic acid groups (broad SMARTS) is 1. The smallest absolute Gasteiger partial charge is 0.306 e. The predicted octanol–water partition coefficient (Wildman–Crippen LogP) is 6.69. The Kier molecular flexibility index (Phi) is 7.19. The van der Waals surface area contributed by atoms with Crippen molar-refractivity contribution in [3.8, 4) is 11.1 Å². The lowest BCUT2D eigenvalue weighted by Gasteiger charge is -2.27. The summed E-state index contributed by atoms with van der Waals surface area (Å²) in [5, 5.41) is 12.2. The summed E-state index contributed by atoms with van der Waals surface area (Å²) in [4.78, 5) is 24.2. The summed E-state index contributed by atoms with van der Waals surface area (Å²) in [5.74, 6) is -1.33. The SMILES string of the molecule is O=C(NC1CCC(C(=O)O)CC1)c1c(Cl)sc(Cl)c1Cc1ccc(-c2ccccc2)cc1. The third-order valence-electron chi connectivity index (χ3n) is 6.00. The largest absolute Gasteiger partial charge is 0.481 e. The van der Waals surface area contributed by atoms with Crippen LogP contribution in [0.1, 0.15) is 47.2 Å². The summed E-state index contributed by atoms with van der Waals surface area (Å²) in [6.45, 7) is 0. The van der Waals surface area contributed by atoms with Crippen LogP contribution >= 0.6 is 34.5 Å². The van der Waals surface area contributed by atoms with E-state index in [0.29, 0.717) is 46.3 Å². The van der Waals surface area contributed by atoms with Gasteiger partial charge in [-0.2, -0.15) is 0 Å². The van der Waals surface area contributed by atoms with Gasteiger partial charge in [0, 0.05) is 18.0 Å². The molecule has 1 heterocycles. The summed E-state index contributed by atoms with van der Waals surface area (Å²) in [6, 6.07) is 18.3. The number of carbonyl (C=O) groups excluding carboxylic acids is 1. The Bertz CT molecular complexity index is 1100. The number of benzene rings is 2. The summed E-state index contributed by atoms with van der Waals surface area (Å²) < 4.78 is 0.893. The van der Waals surface area contributed by atoms with E-state index in [1.165, 1.54) is 11.3 Å². The van der Waals surface area contributed by atoms with Crippen LogP contribution in [0.3, 0.4) is 0 Å². The predicted molar refractivity (Wildman–Crippen MR) is 130 cm³/mol. The standard InChI is InChI=1S/C25H23Cl2NO3S/c26-22-20(14-15-6-8-17(9-7-15)16-4-2-1-3-5-16)21(23(27)32-22)24(29)28-19-12-10-18(11-13-19)25(30)31/h1-9,18-19H,10-14H2,(H,28,29)(H,30,31). The number of hydrogen-bond donors (Lipinski definition) is 2. The first-order valence-corrected chi connectivity index (χ1v) is 12.1. The van der Waals surface area contributed by atoms with E-state index in [4.69, 9.17) is 28.3 Å². The van der Waals surface area contributed by atoms with E-state index in [2.05, 4.69) is 29.6 Å². The average molecular weight is 488 g/mol. The molecule has 0 bridgehead atoms. The van der Waals surface area contributed by atoms with Gasteiger partial charge in [0.2, 0.25) is 0 Å². The fraction of sp³-hybridized carbons (Fsp3) is 0.280. The van der Waals surface area contributed by atoms with Gasteiger partial charge in [0.15, 0.2) is 0 Å². The van der Waals surface area contributed by atoms with Crippen LogP contribution in [0.5, 0.6) is 0 Å². The second kappa shape index (κ2) is 10.1. The second-order valence-corrected chi connectivity index (χ2v) is 10.3. The highest BCUT2D eigenvalue weighted by atomic mass is 35.5. The molecule has 2 aromatic carbocycles. The maximum Gasteiger partial charge on any atom is 0.306 e. The molecule has 32 heavy (non-hydrogen) atoms. The van der Waals surface area contributed by atoms with E-state index in [0.717, 1.165) is 22.3 Å². The molecule has 1 aliphatic rings. The van der Waals surface area contributed by atoms with Crippen LogP contribution in [-0.4, -0.2) is 23.0 Å². The minimum atomic E-state index is -0.761. The molecule has 0 aliphatic heterocycles. The number of hydrogen-bond acceptors (Lipinski definition) is 3. The van der Waals surface area contributed by atoms with Crippen LogP contribution in [0.15, 0.2) is 54.6 Å². The van der Waals surface area contributed by atoms with Gasteiger partial charge in [-0.05, 0) is 42.4 Å². The minimum Gasteiger partial charge on any atom is -0.481 e. The van der Waals surface area contributed by atoms with Crippen molar-refractivity contribution in [2.45, 2.75) is 38.1 Å². The topological polar surface area (TPSA) is 66.4 Å². The highest BCUT2D eigenvalue weighted by molar-refractivity contribution is 7.20. The molecule has 1 saturated carbocycles. The maximum absolute atomic E-state index is 13.0. The molecular formula is C25H23Cl2NO3S. The summed E-state index contributed by atoms with van der Waals surface area (Å²) in [5.41, 5.74) is 4.46. The Labute approximate surface area is 201 Å². The molecule has 166 valence electrons. The van der Waals surface area contributed by atoms with Crippen molar-refractivity contribution in [2.75, 3.05) is 0 Å². The summed E-state index contributed by atoms with van der Waals surface area (Å²) >= 11 is 14.1. The van der Waals surface area contributed by atoms with Gasteiger partial charge in [-0.25, -0.2) is 0 Å². The lowest BCUT2D eigenvalue weighted by atomic mass is 9.86. The maximum atomic E-state index is 13.0. The van der Waals surface area contributed by atoms with Crippen molar-refractivity contribution in [3.63, 3.8) is 0 Å². The molecule has 0 atom stereocenters. The van der Waals surface area contributed by atoms with Gasteiger partial charge >= 0.3 is 5.97 Å². The number of carbonyl (C=O) groups is 2. The van der Waals surface area contributed by atoms with Crippen LogP contribution in [0, 0.1) is 5.92 Å². The zero-order valence-corrected chi connectivity index (χ0v) is 19.6. The first-order chi connectivity index (χ1) is 15.4. The van der Waals surface area contributed by atoms with Crippen molar-refractivity contribution in [3.05, 3.63) is 80.0 Å². The molecule has 4 rings (SSSR count). The molecule has 1 fully saturated rings. The Hall–Kier alpha value is -2.34. The normalized spacial score (nSPS) is 18.3. The van der Waals surface area contributed by atoms with E-state index < -0.39 is 5.97 Å². The van der Waals surface area contributed by atoms with E-state index >= 15 is 0 Å². The number of rotatable bonds is 6. The molecule has 0 spiro atoms. The Morgan fingerprint density at radius 3 is 2.16 bits per heavy atom. The van der Waals surface area contributed by atoms with Crippen molar-refractivity contribution in [1.82, 2.24) is 5.32 Å². The van der Waals surface area contributed by atoms with Crippen LogP contribution in [0.2, 0.25) is 8.67 Å². The number of amides is 1. The summed E-state index contributed by atoms with van der Waals surface area (Å²) in [6.07, 6.45) is 2.94. The van der Waals surface area contributed by atoms with E-state index in [1.54, 1.807) is 0 Å². The zero-order chi connectivity index (χ0) is 22.7. The number of halogens is 2. The van der Waals surface area contributed by atoms with Gasteiger partial charge in [-0.1, -0.05) is 77.8 Å². The van der Waals surface area contributed by atoms with Crippen molar-refractivity contribution >= 4 is 46.4 Å². The lowest BCUT2D eigenvalue weighted by Crippen LogP contribution is -2.39. The molecule has 2 N–H and O–H groups in total. The van der Waals surface area contributed by atoms with E-state index in [9.17, 15) is 9.59 Å². The summed E-state index contributed by atoms with van der Waals surface area (Å²) in [7, 11) is 0. The Balaban J connectivity index is 1.47. The van der Waals surface area contributed by atoms with E-state index in [-0.39, 0.29) is 17.9 Å². The van der Waals surface area contributed by atoms with Crippen molar-refractivity contribution < 1.29 is 14.7 Å². The molecule has 0 radical (unpaired) electrons. The van der Waals surface area contributed by atoms with Gasteiger partial charge in [-0.3, -0.25) is 9.59 Å². The molecule has 1 aliphatic carbocycles. The molecule has 7 heteroatoms. The van der Waals surface area contributed by atoms with Crippen LogP contribution in [-0.2, 0) is 11.2 Å². The third-order valence-corrected chi connectivity index (χ3v) is 7.68. The minimum absolute atomic E-state index is 0.0501. The first kappa shape index (κ1) is 22.8. The number of nitrogens with one attached hydrogen (secondary N) is 1. The van der Waals surface area contributed by atoms with Crippen LogP contribution < -0.4 is 5.32 Å². The molecule has 3 aromatic rings. The van der Waals surface area contributed by atoms with Gasteiger partial charge in [-0.15, -0.1) is 11.3 Å². The quantitative estimate of drug-likeness (QED) is 0.407. The fourth-order valence-corrected chi connectivity index (χ4v) is 5.90.